The third-order valence-corrected chi connectivity index (χ3v) is 3.43. The van der Waals surface area contributed by atoms with Crippen LogP contribution in [0, 0.1) is 6.92 Å². The fourth-order valence-corrected chi connectivity index (χ4v) is 2.43. The largest absolute Gasteiger partial charge is 0.481 e. The highest BCUT2D eigenvalue weighted by Gasteiger charge is 2.06. The average Bonchev–Trinajstić information content (AvgIpc) is 2.78. The van der Waals surface area contributed by atoms with E-state index in [-0.39, 0.29) is 6.42 Å². The molecule has 0 aliphatic rings. The quantitative estimate of drug-likeness (QED) is 0.842. The van der Waals surface area contributed by atoms with Gasteiger partial charge in [0.15, 0.2) is 5.16 Å². The number of aliphatic carboxylic acids is 1. The molecule has 0 atom stereocenters. The molecular weight excluding hydrogens is 248 g/mol. The molecular formula is C13H14N2O2S. The number of rotatable bonds is 5. The van der Waals surface area contributed by atoms with Crippen molar-refractivity contribution < 1.29 is 9.90 Å². The topological polar surface area (TPSA) is 55.1 Å². The maximum absolute atomic E-state index is 10.5. The van der Waals surface area contributed by atoms with E-state index in [9.17, 15) is 4.79 Å². The summed E-state index contributed by atoms with van der Waals surface area (Å²) in [6, 6.07) is 8.14. The van der Waals surface area contributed by atoms with Gasteiger partial charge in [0, 0.05) is 23.8 Å². The van der Waals surface area contributed by atoms with E-state index in [0.717, 1.165) is 10.8 Å². The van der Waals surface area contributed by atoms with Crippen LogP contribution in [0.4, 0.5) is 0 Å². The van der Waals surface area contributed by atoms with Crippen molar-refractivity contribution in [1.29, 1.82) is 0 Å². The van der Waals surface area contributed by atoms with Crippen LogP contribution in [0.5, 0.6) is 0 Å². The molecule has 0 bridgehead atoms. The van der Waals surface area contributed by atoms with E-state index in [1.165, 1.54) is 17.3 Å². The predicted octanol–water partition coefficient (Wildman–Crippen LogP) is 2.75. The van der Waals surface area contributed by atoms with Gasteiger partial charge in [-0.25, -0.2) is 4.98 Å². The SMILES string of the molecule is Cc1ccc(-n2ccnc2SCCC(=O)O)cc1. The van der Waals surface area contributed by atoms with Crippen LogP contribution in [0.1, 0.15) is 12.0 Å². The molecule has 0 aliphatic carbocycles. The van der Waals surface area contributed by atoms with E-state index in [2.05, 4.69) is 4.98 Å². The lowest BCUT2D eigenvalue weighted by molar-refractivity contribution is -0.136. The maximum Gasteiger partial charge on any atom is 0.304 e. The number of benzene rings is 1. The smallest absolute Gasteiger partial charge is 0.304 e. The second kappa shape index (κ2) is 5.73. The molecule has 0 aliphatic heterocycles. The molecule has 0 radical (unpaired) electrons. The minimum absolute atomic E-state index is 0.144. The molecule has 1 N–H and O–H groups in total. The van der Waals surface area contributed by atoms with Gasteiger partial charge in [0.25, 0.3) is 0 Å². The summed E-state index contributed by atoms with van der Waals surface area (Å²) in [4.78, 5) is 14.7. The molecule has 0 fully saturated rings. The van der Waals surface area contributed by atoms with Crippen molar-refractivity contribution >= 4 is 17.7 Å². The van der Waals surface area contributed by atoms with Crippen molar-refractivity contribution in [3.05, 3.63) is 42.2 Å². The van der Waals surface area contributed by atoms with Gasteiger partial charge in [-0.1, -0.05) is 29.5 Å². The van der Waals surface area contributed by atoms with E-state index >= 15 is 0 Å². The number of imidazole rings is 1. The highest BCUT2D eigenvalue weighted by atomic mass is 32.2. The van der Waals surface area contributed by atoms with E-state index in [0.29, 0.717) is 5.75 Å². The van der Waals surface area contributed by atoms with Crippen LogP contribution in [-0.4, -0.2) is 26.4 Å². The molecule has 94 valence electrons. The molecule has 0 saturated heterocycles. The Balaban J connectivity index is 2.12. The number of carboxylic acid groups (broad SMARTS) is 1. The van der Waals surface area contributed by atoms with Gasteiger partial charge in [0.2, 0.25) is 0 Å². The highest BCUT2D eigenvalue weighted by Crippen LogP contribution is 2.21. The molecule has 0 spiro atoms. The summed E-state index contributed by atoms with van der Waals surface area (Å²) >= 11 is 1.45. The van der Waals surface area contributed by atoms with Crippen LogP contribution >= 0.6 is 11.8 Å². The van der Waals surface area contributed by atoms with Gasteiger partial charge in [-0.05, 0) is 19.1 Å². The molecule has 1 heterocycles. The molecule has 0 saturated carbocycles. The number of carbonyl (C=O) groups is 1. The molecule has 18 heavy (non-hydrogen) atoms. The first-order chi connectivity index (χ1) is 8.66. The number of hydrogen-bond donors (Lipinski definition) is 1. The van der Waals surface area contributed by atoms with Gasteiger partial charge >= 0.3 is 5.97 Å². The van der Waals surface area contributed by atoms with Crippen molar-refractivity contribution in [3.63, 3.8) is 0 Å². The van der Waals surface area contributed by atoms with Gasteiger partial charge in [-0.15, -0.1) is 0 Å². The lowest BCUT2D eigenvalue weighted by Gasteiger charge is -2.07. The van der Waals surface area contributed by atoms with Crippen LogP contribution < -0.4 is 0 Å². The molecule has 2 aromatic rings. The number of hydrogen-bond acceptors (Lipinski definition) is 3. The summed E-state index contributed by atoms with van der Waals surface area (Å²) in [5.74, 6) is -0.256. The van der Waals surface area contributed by atoms with Crippen molar-refractivity contribution in [2.75, 3.05) is 5.75 Å². The highest BCUT2D eigenvalue weighted by molar-refractivity contribution is 7.99. The lowest BCUT2D eigenvalue weighted by Crippen LogP contribution is -1.99. The van der Waals surface area contributed by atoms with E-state index in [4.69, 9.17) is 5.11 Å². The monoisotopic (exact) mass is 262 g/mol. The summed E-state index contributed by atoms with van der Waals surface area (Å²) in [5, 5.41) is 9.44. The lowest BCUT2D eigenvalue weighted by atomic mass is 10.2. The third kappa shape index (κ3) is 3.13. The zero-order chi connectivity index (χ0) is 13.0. The summed E-state index contributed by atoms with van der Waals surface area (Å²) in [6.45, 7) is 2.04. The second-order valence-electron chi connectivity index (χ2n) is 3.91. The Bertz CT molecular complexity index is 534. The second-order valence-corrected chi connectivity index (χ2v) is 4.97. The Morgan fingerprint density at radius 1 is 1.39 bits per heavy atom. The minimum atomic E-state index is -0.782. The average molecular weight is 262 g/mol. The van der Waals surface area contributed by atoms with Gasteiger partial charge in [0.1, 0.15) is 0 Å². The third-order valence-electron chi connectivity index (χ3n) is 2.47. The number of aromatic nitrogens is 2. The van der Waals surface area contributed by atoms with E-state index in [1.807, 2.05) is 42.0 Å². The number of carboxylic acids is 1. The summed E-state index contributed by atoms with van der Waals surface area (Å²) in [7, 11) is 0. The fourth-order valence-electron chi connectivity index (χ4n) is 1.53. The maximum atomic E-state index is 10.5. The van der Waals surface area contributed by atoms with Crippen molar-refractivity contribution in [2.45, 2.75) is 18.5 Å². The zero-order valence-electron chi connectivity index (χ0n) is 10.0. The number of aryl methyl sites for hydroxylation is 1. The Morgan fingerprint density at radius 2 is 2.11 bits per heavy atom. The molecule has 0 unspecified atom stereocenters. The van der Waals surface area contributed by atoms with Crippen LogP contribution in [-0.2, 0) is 4.79 Å². The molecule has 0 amide bonds. The summed E-state index contributed by atoms with van der Waals surface area (Å²) in [6.07, 6.45) is 3.75. The zero-order valence-corrected chi connectivity index (χ0v) is 10.9. The standard InChI is InChI=1S/C13H14N2O2S/c1-10-2-4-11(5-3-10)15-8-7-14-13(15)18-9-6-12(16)17/h2-5,7-8H,6,9H2,1H3,(H,16,17). The first kappa shape index (κ1) is 12.7. The molecule has 1 aromatic carbocycles. The van der Waals surface area contributed by atoms with Crippen LogP contribution in [0.2, 0.25) is 0 Å². The predicted molar refractivity (Wildman–Crippen MR) is 71.3 cm³/mol. The molecule has 2 rings (SSSR count). The van der Waals surface area contributed by atoms with Crippen molar-refractivity contribution in [2.24, 2.45) is 0 Å². The van der Waals surface area contributed by atoms with Crippen LogP contribution in [0.25, 0.3) is 5.69 Å². The van der Waals surface area contributed by atoms with Crippen molar-refractivity contribution in [1.82, 2.24) is 9.55 Å². The minimum Gasteiger partial charge on any atom is -0.481 e. The van der Waals surface area contributed by atoms with Crippen molar-refractivity contribution in [3.8, 4) is 5.69 Å². The van der Waals surface area contributed by atoms with Crippen LogP contribution in [0.15, 0.2) is 41.8 Å². The first-order valence-electron chi connectivity index (χ1n) is 5.62. The number of thioether (sulfide) groups is 1. The Hall–Kier alpha value is -1.75. The first-order valence-corrected chi connectivity index (χ1v) is 6.60. The summed E-state index contributed by atoms with van der Waals surface area (Å²) in [5.41, 5.74) is 2.25. The number of nitrogens with zero attached hydrogens (tertiary/aromatic N) is 2. The van der Waals surface area contributed by atoms with Gasteiger partial charge in [-0.2, -0.15) is 0 Å². The molecule has 4 nitrogen and oxygen atoms in total. The van der Waals surface area contributed by atoms with Gasteiger partial charge in [0.05, 0.1) is 6.42 Å². The Morgan fingerprint density at radius 3 is 2.78 bits per heavy atom. The molecule has 5 heteroatoms. The molecule has 1 aromatic heterocycles. The normalized spacial score (nSPS) is 10.5. The van der Waals surface area contributed by atoms with E-state index in [1.54, 1.807) is 6.20 Å². The van der Waals surface area contributed by atoms with Gasteiger partial charge in [-0.3, -0.25) is 9.36 Å². The van der Waals surface area contributed by atoms with Gasteiger partial charge < -0.3 is 5.11 Å². The van der Waals surface area contributed by atoms with Crippen LogP contribution in [0.3, 0.4) is 0 Å². The Labute approximate surface area is 110 Å². The van der Waals surface area contributed by atoms with E-state index < -0.39 is 5.97 Å². The summed E-state index contributed by atoms with van der Waals surface area (Å²) < 4.78 is 1.96. The fraction of sp³-hybridized carbons (Fsp3) is 0.231. The Kier molecular flexibility index (Phi) is 4.04.